The van der Waals surface area contributed by atoms with Crippen LogP contribution in [0, 0.1) is 13.8 Å². The first-order valence-corrected chi connectivity index (χ1v) is 13.8. The van der Waals surface area contributed by atoms with Gasteiger partial charge in [-0.05, 0) is 80.2 Å². The van der Waals surface area contributed by atoms with Crippen molar-refractivity contribution >= 4 is 46.2 Å². The smallest absolute Gasteiger partial charge is 0.250 e. The summed E-state index contributed by atoms with van der Waals surface area (Å²) in [5.74, 6) is 1.17. The number of fused-ring (bicyclic) bond motifs is 1. The van der Waals surface area contributed by atoms with Crippen LogP contribution in [-0.4, -0.2) is 41.1 Å². The summed E-state index contributed by atoms with van der Waals surface area (Å²) in [6.07, 6.45) is 1.78. The number of halogens is 1. The number of nitrogens with zero attached hydrogens (tertiary/aromatic N) is 3. The van der Waals surface area contributed by atoms with Crippen LogP contribution in [0.25, 0.3) is 5.69 Å². The van der Waals surface area contributed by atoms with Gasteiger partial charge < -0.3 is 34.3 Å². The molecule has 2 atom stereocenters. The molecule has 0 saturated carbocycles. The molecule has 2 aromatic heterocycles. The van der Waals surface area contributed by atoms with E-state index in [-0.39, 0.29) is 31.4 Å². The molecule has 1 saturated heterocycles. The molecular formula is C30H28ClN5O4S. The van der Waals surface area contributed by atoms with Crippen molar-refractivity contribution in [2.45, 2.75) is 25.9 Å². The minimum absolute atomic E-state index is 0.0645. The van der Waals surface area contributed by atoms with Crippen molar-refractivity contribution in [3.8, 4) is 17.2 Å². The molecule has 4 aromatic rings. The molecule has 9 nitrogen and oxygen atoms in total. The number of carbonyl (C=O) groups is 1. The van der Waals surface area contributed by atoms with E-state index in [1.54, 1.807) is 12.3 Å². The fraction of sp³-hybridized carbons (Fsp3) is 0.233. The van der Waals surface area contributed by atoms with Gasteiger partial charge in [0.1, 0.15) is 6.61 Å². The predicted molar refractivity (Wildman–Crippen MR) is 161 cm³/mol. The van der Waals surface area contributed by atoms with E-state index < -0.39 is 0 Å². The molecule has 0 radical (unpaired) electrons. The van der Waals surface area contributed by atoms with Crippen LogP contribution in [0.15, 0.2) is 66.9 Å². The van der Waals surface area contributed by atoms with Crippen LogP contribution >= 0.6 is 23.8 Å². The van der Waals surface area contributed by atoms with E-state index in [1.165, 1.54) is 7.11 Å². The summed E-state index contributed by atoms with van der Waals surface area (Å²) in [5, 5.41) is 7.21. The van der Waals surface area contributed by atoms with Crippen molar-refractivity contribution in [1.82, 2.24) is 14.9 Å². The lowest BCUT2D eigenvalue weighted by atomic mass is 9.96. The van der Waals surface area contributed by atoms with Gasteiger partial charge in [-0.2, -0.15) is 0 Å². The first-order valence-electron chi connectivity index (χ1n) is 13.0. The highest BCUT2D eigenvalue weighted by atomic mass is 35.5. The fourth-order valence-electron chi connectivity index (χ4n) is 5.53. The number of anilines is 2. The van der Waals surface area contributed by atoms with Gasteiger partial charge in [0.05, 0.1) is 28.5 Å². The summed E-state index contributed by atoms with van der Waals surface area (Å²) >= 11 is 12.6. The first kappa shape index (κ1) is 27.1. The Kier molecular flexibility index (Phi) is 7.29. The van der Waals surface area contributed by atoms with E-state index in [0.29, 0.717) is 15.8 Å². The topological polar surface area (TPSA) is 89.9 Å². The largest absolute Gasteiger partial charge is 0.454 e. The van der Waals surface area contributed by atoms with Gasteiger partial charge in [0, 0.05) is 42.1 Å². The highest BCUT2D eigenvalue weighted by Crippen LogP contribution is 2.45. The zero-order valence-corrected chi connectivity index (χ0v) is 24.3. The standard InChI is InChI=1S/C30H28ClN5O4S/c1-17-12-21(18(2)35(17)20-8-10-25-26(14-20)40-16-39-25)29-28(24-6-4-5-11-32-24)34-30(41)36(29)19-7-9-23(22(31)13-19)33-27(37)15-38-3/h4-14,28-29H,15-16H2,1-3H3,(H,33,37)(H,34,41)/t28-,29+/m1/s1. The van der Waals surface area contributed by atoms with Gasteiger partial charge in [-0.3, -0.25) is 9.78 Å². The third-order valence-corrected chi connectivity index (χ3v) is 7.91. The number of carbonyl (C=O) groups excluding carboxylic acids is 1. The molecule has 210 valence electrons. The van der Waals surface area contributed by atoms with Crippen LogP contribution in [0.3, 0.4) is 0 Å². The summed E-state index contributed by atoms with van der Waals surface area (Å²) in [7, 11) is 1.47. The highest BCUT2D eigenvalue weighted by Gasteiger charge is 2.42. The second kappa shape index (κ2) is 11.0. The van der Waals surface area contributed by atoms with Gasteiger partial charge in [-0.25, -0.2) is 0 Å². The highest BCUT2D eigenvalue weighted by molar-refractivity contribution is 7.80. The van der Waals surface area contributed by atoms with Crippen molar-refractivity contribution in [2.75, 3.05) is 30.7 Å². The number of nitrogens with one attached hydrogen (secondary N) is 2. The van der Waals surface area contributed by atoms with Crippen molar-refractivity contribution in [1.29, 1.82) is 0 Å². The maximum absolute atomic E-state index is 12.1. The number of aryl methyl sites for hydroxylation is 1. The monoisotopic (exact) mass is 589 g/mol. The van der Waals surface area contributed by atoms with Crippen molar-refractivity contribution < 1.29 is 19.0 Å². The van der Waals surface area contributed by atoms with Crippen LogP contribution in [0.1, 0.15) is 34.7 Å². The third kappa shape index (κ3) is 4.99. The van der Waals surface area contributed by atoms with E-state index in [9.17, 15) is 4.79 Å². The van der Waals surface area contributed by atoms with E-state index in [2.05, 4.69) is 45.0 Å². The summed E-state index contributed by atoms with van der Waals surface area (Å²) < 4.78 is 18.3. The predicted octanol–water partition coefficient (Wildman–Crippen LogP) is 5.63. The average molecular weight is 590 g/mol. The normalized spacial score (nSPS) is 17.6. The number of hydrogen-bond donors (Lipinski definition) is 2. The molecule has 0 bridgehead atoms. The zero-order chi connectivity index (χ0) is 28.7. The maximum Gasteiger partial charge on any atom is 0.250 e. The molecule has 1 amide bonds. The average Bonchev–Trinajstić information content (AvgIpc) is 3.65. The minimum Gasteiger partial charge on any atom is -0.454 e. The van der Waals surface area contributed by atoms with Crippen LogP contribution in [0.5, 0.6) is 11.5 Å². The lowest BCUT2D eigenvalue weighted by Crippen LogP contribution is -2.29. The number of benzene rings is 2. The molecule has 6 rings (SSSR count). The van der Waals surface area contributed by atoms with E-state index in [1.807, 2.05) is 48.5 Å². The number of ether oxygens (including phenoxy) is 3. The Balaban J connectivity index is 1.44. The number of thiocarbonyl (C=S) groups is 1. The van der Waals surface area contributed by atoms with Gasteiger partial charge in [-0.15, -0.1) is 0 Å². The van der Waals surface area contributed by atoms with Gasteiger partial charge in [0.2, 0.25) is 12.7 Å². The molecule has 2 aliphatic heterocycles. The summed E-state index contributed by atoms with van der Waals surface area (Å²) in [5.41, 5.74) is 6.31. The van der Waals surface area contributed by atoms with Gasteiger partial charge in [-0.1, -0.05) is 17.7 Å². The zero-order valence-electron chi connectivity index (χ0n) is 22.7. The molecule has 4 heterocycles. The summed E-state index contributed by atoms with van der Waals surface area (Å²) in [6.45, 7) is 4.33. The Labute approximate surface area is 248 Å². The van der Waals surface area contributed by atoms with Crippen molar-refractivity contribution in [3.05, 3.63) is 94.5 Å². The molecule has 0 spiro atoms. The summed E-state index contributed by atoms with van der Waals surface area (Å²) in [6, 6.07) is 19.0. The van der Waals surface area contributed by atoms with Crippen LogP contribution in [0.2, 0.25) is 5.02 Å². The number of rotatable bonds is 7. The number of hydrogen-bond acceptors (Lipinski definition) is 6. The van der Waals surface area contributed by atoms with Gasteiger partial charge in [0.15, 0.2) is 16.6 Å². The molecule has 11 heteroatoms. The van der Waals surface area contributed by atoms with Crippen LogP contribution < -0.4 is 25.0 Å². The van der Waals surface area contributed by atoms with Crippen LogP contribution in [-0.2, 0) is 9.53 Å². The number of aromatic nitrogens is 2. The molecule has 2 N–H and O–H groups in total. The molecular weight excluding hydrogens is 562 g/mol. The van der Waals surface area contributed by atoms with E-state index >= 15 is 0 Å². The Morgan fingerprint density at radius 1 is 1.12 bits per heavy atom. The molecule has 1 fully saturated rings. The van der Waals surface area contributed by atoms with Crippen molar-refractivity contribution in [2.24, 2.45) is 0 Å². The summed E-state index contributed by atoms with van der Waals surface area (Å²) in [4.78, 5) is 18.8. The Hall–Kier alpha value is -4.12. The molecule has 2 aromatic carbocycles. The van der Waals surface area contributed by atoms with Crippen LogP contribution in [0.4, 0.5) is 11.4 Å². The molecule has 0 aliphatic carbocycles. The quantitative estimate of drug-likeness (QED) is 0.268. The maximum atomic E-state index is 12.1. The molecule has 2 aliphatic rings. The first-order chi connectivity index (χ1) is 19.9. The fourth-order valence-corrected chi connectivity index (χ4v) is 6.10. The number of amides is 1. The number of pyridine rings is 1. The minimum atomic E-state index is -0.287. The second-order valence-electron chi connectivity index (χ2n) is 9.84. The Morgan fingerprint density at radius 3 is 2.68 bits per heavy atom. The van der Waals surface area contributed by atoms with Crippen molar-refractivity contribution in [3.63, 3.8) is 0 Å². The Bertz CT molecular complexity index is 1640. The lowest BCUT2D eigenvalue weighted by Gasteiger charge is -2.28. The third-order valence-electron chi connectivity index (χ3n) is 7.28. The van der Waals surface area contributed by atoms with E-state index in [0.717, 1.165) is 45.5 Å². The lowest BCUT2D eigenvalue weighted by molar-refractivity contribution is -0.119. The van der Waals surface area contributed by atoms with E-state index in [4.69, 9.17) is 38.0 Å². The van der Waals surface area contributed by atoms with Gasteiger partial charge in [0.25, 0.3) is 0 Å². The van der Waals surface area contributed by atoms with Gasteiger partial charge >= 0.3 is 0 Å². The SMILES string of the molecule is COCC(=O)Nc1ccc(N2C(=S)N[C@H](c3ccccn3)[C@@H]2c2cc(C)n(-c3ccc4c(c3)OCO4)c2C)cc1Cl. The Morgan fingerprint density at radius 2 is 1.93 bits per heavy atom. The number of methoxy groups -OCH3 is 1. The second-order valence-corrected chi connectivity index (χ2v) is 10.6. The molecule has 41 heavy (non-hydrogen) atoms. The molecule has 0 unspecified atom stereocenters.